The van der Waals surface area contributed by atoms with Gasteiger partial charge >= 0.3 is 0 Å². The Morgan fingerprint density at radius 3 is 2.62 bits per heavy atom. The van der Waals surface area contributed by atoms with Gasteiger partial charge in [0.1, 0.15) is 6.04 Å². The lowest BCUT2D eigenvalue weighted by Gasteiger charge is -2.36. The molecular formula is C15H20N4O6S. The number of ether oxygens (including phenoxy) is 1. The van der Waals surface area contributed by atoms with E-state index in [0.29, 0.717) is 19.8 Å². The summed E-state index contributed by atoms with van der Waals surface area (Å²) in [5, 5.41) is 13.9. The van der Waals surface area contributed by atoms with E-state index in [9.17, 15) is 23.3 Å². The van der Waals surface area contributed by atoms with Crippen LogP contribution in [0.3, 0.4) is 0 Å². The van der Waals surface area contributed by atoms with Crippen LogP contribution in [0.15, 0.2) is 29.2 Å². The molecule has 1 unspecified atom stereocenters. The Kier molecular flexibility index (Phi) is 5.51. The highest BCUT2D eigenvalue weighted by molar-refractivity contribution is 7.89. The van der Waals surface area contributed by atoms with Crippen LogP contribution >= 0.6 is 0 Å². The van der Waals surface area contributed by atoms with Gasteiger partial charge in [-0.25, -0.2) is 8.42 Å². The molecule has 2 heterocycles. The van der Waals surface area contributed by atoms with Gasteiger partial charge in [-0.3, -0.25) is 14.9 Å². The zero-order chi connectivity index (χ0) is 18.7. The molecule has 0 aliphatic carbocycles. The predicted molar refractivity (Wildman–Crippen MR) is 91.0 cm³/mol. The molecule has 11 heteroatoms. The van der Waals surface area contributed by atoms with Crippen molar-refractivity contribution in [2.24, 2.45) is 0 Å². The fourth-order valence-electron chi connectivity index (χ4n) is 3.00. The van der Waals surface area contributed by atoms with Crippen molar-refractivity contribution in [2.75, 3.05) is 45.9 Å². The van der Waals surface area contributed by atoms with Crippen molar-refractivity contribution >= 4 is 21.6 Å². The van der Waals surface area contributed by atoms with Crippen LogP contribution in [0, 0.1) is 10.1 Å². The molecule has 26 heavy (non-hydrogen) atoms. The molecule has 1 amide bonds. The van der Waals surface area contributed by atoms with Gasteiger partial charge in [0.25, 0.3) is 5.69 Å². The number of carbonyl (C=O) groups is 1. The number of non-ortho nitro benzene ring substituents is 1. The fraction of sp³-hybridized carbons (Fsp3) is 0.533. The molecule has 3 rings (SSSR count). The maximum Gasteiger partial charge on any atom is 0.270 e. The van der Waals surface area contributed by atoms with Gasteiger partial charge in [-0.2, -0.15) is 4.31 Å². The zero-order valence-corrected chi connectivity index (χ0v) is 14.9. The molecule has 1 atom stereocenters. The van der Waals surface area contributed by atoms with Gasteiger partial charge in [0, 0.05) is 44.9 Å². The van der Waals surface area contributed by atoms with Crippen LogP contribution in [0.5, 0.6) is 0 Å². The Hall–Kier alpha value is -2.08. The zero-order valence-electron chi connectivity index (χ0n) is 14.0. The number of piperazine rings is 1. The van der Waals surface area contributed by atoms with E-state index in [2.05, 4.69) is 5.32 Å². The van der Waals surface area contributed by atoms with Gasteiger partial charge in [-0.1, -0.05) is 6.07 Å². The van der Waals surface area contributed by atoms with Crippen LogP contribution in [-0.4, -0.2) is 80.4 Å². The van der Waals surface area contributed by atoms with E-state index in [-0.39, 0.29) is 42.7 Å². The van der Waals surface area contributed by atoms with Crippen molar-refractivity contribution in [1.29, 1.82) is 0 Å². The largest absolute Gasteiger partial charge is 0.378 e. The van der Waals surface area contributed by atoms with Gasteiger partial charge in [0.05, 0.1) is 23.0 Å². The number of benzene rings is 1. The summed E-state index contributed by atoms with van der Waals surface area (Å²) >= 11 is 0. The first-order chi connectivity index (χ1) is 12.4. The normalized spacial score (nSPS) is 22.2. The Balaban J connectivity index is 1.66. The van der Waals surface area contributed by atoms with Crippen molar-refractivity contribution in [1.82, 2.24) is 14.5 Å². The summed E-state index contributed by atoms with van der Waals surface area (Å²) in [6.45, 7) is 2.31. The number of morpholine rings is 1. The molecule has 0 saturated carbocycles. The number of sulfonamides is 1. The molecule has 2 saturated heterocycles. The molecule has 0 aromatic heterocycles. The van der Waals surface area contributed by atoms with E-state index >= 15 is 0 Å². The second kappa shape index (κ2) is 7.66. The summed E-state index contributed by atoms with van der Waals surface area (Å²) in [6, 6.07) is 4.58. The summed E-state index contributed by atoms with van der Waals surface area (Å²) in [5.41, 5.74) is -0.275. The third kappa shape index (κ3) is 3.85. The first-order valence-electron chi connectivity index (χ1n) is 8.24. The maximum absolute atomic E-state index is 12.7. The Morgan fingerprint density at radius 1 is 1.27 bits per heavy atom. The topological polar surface area (TPSA) is 122 Å². The van der Waals surface area contributed by atoms with Gasteiger partial charge in [0.15, 0.2) is 0 Å². The summed E-state index contributed by atoms with van der Waals surface area (Å²) in [6.07, 6.45) is 0. The molecule has 2 aliphatic heterocycles. The number of amides is 1. The molecular weight excluding hydrogens is 364 g/mol. The number of hydrogen-bond donors (Lipinski definition) is 1. The summed E-state index contributed by atoms with van der Waals surface area (Å²) in [7, 11) is -3.84. The average Bonchev–Trinajstić information content (AvgIpc) is 2.68. The standard InChI is InChI=1S/C15H20N4O6S/c20-15(14-11-25-9-4-16-14)17-5-7-18(8-6-17)26(23,24)13-3-1-2-12(10-13)19(21)22/h1-3,10,14,16H,4-9,11H2. The van der Waals surface area contributed by atoms with Crippen molar-refractivity contribution in [2.45, 2.75) is 10.9 Å². The van der Waals surface area contributed by atoms with Crippen LogP contribution in [0.2, 0.25) is 0 Å². The van der Waals surface area contributed by atoms with Crippen molar-refractivity contribution in [3.63, 3.8) is 0 Å². The summed E-state index contributed by atoms with van der Waals surface area (Å²) in [4.78, 5) is 24.2. The Morgan fingerprint density at radius 2 is 2.00 bits per heavy atom. The van der Waals surface area contributed by atoms with Crippen LogP contribution in [-0.2, 0) is 19.6 Å². The maximum atomic E-state index is 12.7. The lowest BCUT2D eigenvalue weighted by Crippen LogP contribution is -2.57. The number of nitrogens with zero attached hydrogens (tertiary/aromatic N) is 3. The molecule has 0 radical (unpaired) electrons. The molecule has 10 nitrogen and oxygen atoms in total. The second-order valence-corrected chi connectivity index (χ2v) is 8.00. The predicted octanol–water partition coefficient (Wildman–Crippen LogP) is -0.584. The molecule has 2 aliphatic rings. The number of carbonyl (C=O) groups excluding carboxylic acids is 1. The first kappa shape index (κ1) is 18.7. The number of rotatable bonds is 4. The number of nitro groups is 1. The molecule has 142 valence electrons. The highest BCUT2D eigenvalue weighted by Crippen LogP contribution is 2.22. The monoisotopic (exact) mass is 384 g/mol. The van der Waals surface area contributed by atoms with Crippen molar-refractivity contribution < 1.29 is 22.9 Å². The fourth-order valence-corrected chi connectivity index (χ4v) is 4.46. The van der Waals surface area contributed by atoms with Crippen molar-refractivity contribution in [3.8, 4) is 0 Å². The third-order valence-electron chi connectivity index (χ3n) is 4.44. The second-order valence-electron chi connectivity index (χ2n) is 6.07. The van der Waals surface area contributed by atoms with Gasteiger partial charge < -0.3 is 15.0 Å². The van der Waals surface area contributed by atoms with E-state index in [1.165, 1.54) is 22.5 Å². The minimum Gasteiger partial charge on any atom is -0.378 e. The minimum absolute atomic E-state index is 0.0999. The first-order valence-corrected chi connectivity index (χ1v) is 9.68. The molecule has 0 bridgehead atoms. The van der Waals surface area contributed by atoms with Gasteiger partial charge in [-0.15, -0.1) is 0 Å². The lowest BCUT2D eigenvalue weighted by atomic mass is 10.2. The highest BCUT2D eigenvalue weighted by Gasteiger charge is 2.33. The van der Waals surface area contributed by atoms with E-state index in [1.807, 2.05) is 0 Å². The third-order valence-corrected chi connectivity index (χ3v) is 6.33. The van der Waals surface area contributed by atoms with Gasteiger partial charge in [-0.05, 0) is 6.07 Å². The highest BCUT2D eigenvalue weighted by atomic mass is 32.2. The van der Waals surface area contributed by atoms with Gasteiger partial charge in [0.2, 0.25) is 15.9 Å². The summed E-state index contributed by atoms with van der Waals surface area (Å²) in [5.74, 6) is -0.0999. The number of hydrogen-bond acceptors (Lipinski definition) is 7. The van der Waals surface area contributed by atoms with Crippen LogP contribution in [0.4, 0.5) is 5.69 Å². The SMILES string of the molecule is O=C(C1COCCN1)N1CCN(S(=O)(=O)c2cccc([N+](=O)[O-])c2)CC1. The van der Waals surface area contributed by atoms with Crippen LogP contribution in [0.1, 0.15) is 0 Å². The smallest absolute Gasteiger partial charge is 0.270 e. The van der Waals surface area contributed by atoms with E-state index in [1.54, 1.807) is 4.90 Å². The summed E-state index contributed by atoms with van der Waals surface area (Å²) < 4.78 is 32.0. The number of nitro benzene ring substituents is 1. The van der Waals surface area contributed by atoms with E-state index in [4.69, 9.17) is 4.74 Å². The number of nitrogens with one attached hydrogen (secondary N) is 1. The van der Waals surface area contributed by atoms with Crippen LogP contribution < -0.4 is 5.32 Å². The Labute approximate surface area is 150 Å². The lowest BCUT2D eigenvalue weighted by molar-refractivity contribution is -0.385. The van der Waals surface area contributed by atoms with E-state index < -0.39 is 21.0 Å². The molecule has 1 aromatic rings. The molecule has 1 aromatic carbocycles. The van der Waals surface area contributed by atoms with Crippen molar-refractivity contribution in [3.05, 3.63) is 34.4 Å². The quantitative estimate of drug-likeness (QED) is 0.544. The minimum atomic E-state index is -3.84. The average molecular weight is 384 g/mol. The molecule has 0 spiro atoms. The molecule has 1 N–H and O–H groups in total. The van der Waals surface area contributed by atoms with E-state index in [0.717, 1.165) is 6.07 Å². The van der Waals surface area contributed by atoms with Crippen LogP contribution in [0.25, 0.3) is 0 Å². The molecule has 2 fully saturated rings. The Bertz CT molecular complexity index is 785.